The molecule has 0 spiro atoms. The van der Waals surface area contributed by atoms with Crippen LogP contribution in [0.5, 0.6) is 0 Å². The van der Waals surface area contributed by atoms with Crippen molar-refractivity contribution < 1.29 is 0 Å². The van der Waals surface area contributed by atoms with Gasteiger partial charge in [-0.3, -0.25) is 0 Å². The molecule has 1 aromatic rings. The van der Waals surface area contributed by atoms with E-state index in [-0.39, 0.29) is 5.54 Å². The van der Waals surface area contributed by atoms with Gasteiger partial charge in [0.15, 0.2) is 0 Å². The van der Waals surface area contributed by atoms with Gasteiger partial charge in [0, 0.05) is 0 Å². The summed E-state index contributed by atoms with van der Waals surface area (Å²) in [6.07, 6.45) is 0. The third-order valence-electron chi connectivity index (χ3n) is 3.26. The average molecular weight is 293 g/mol. The van der Waals surface area contributed by atoms with Gasteiger partial charge in [0.1, 0.15) is 0 Å². The summed E-state index contributed by atoms with van der Waals surface area (Å²) >= 11 is 0.313. The van der Waals surface area contributed by atoms with E-state index in [4.69, 9.17) is 4.99 Å². The van der Waals surface area contributed by atoms with Crippen molar-refractivity contribution in [2.24, 2.45) is 4.99 Å². The molecule has 0 amide bonds. The van der Waals surface area contributed by atoms with Crippen molar-refractivity contribution in [3.63, 3.8) is 0 Å². The van der Waals surface area contributed by atoms with Gasteiger partial charge in [-0.2, -0.15) is 0 Å². The Morgan fingerprint density at radius 3 is 2.47 bits per heavy atom. The van der Waals surface area contributed by atoms with Gasteiger partial charge in [0.05, 0.1) is 0 Å². The molecule has 2 rings (SSSR count). The molecule has 0 aromatic heterocycles. The average Bonchev–Trinajstić information content (AvgIpc) is 2.52. The molecular formula is C14H18N2Se. The molecular weight excluding hydrogens is 275 g/mol. The van der Waals surface area contributed by atoms with Crippen LogP contribution in [0.3, 0.4) is 0 Å². The van der Waals surface area contributed by atoms with E-state index in [1.807, 2.05) is 6.07 Å². The van der Waals surface area contributed by atoms with Crippen LogP contribution in [0, 0.1) is 0 Å². The maximum atomic E-state index is 4.73. The van der Waals surface area contributed by atoms with Gasteiger partial charge in [0.2, 0.25) is 0 Å². The van der Waals surface area contributed by atoms with E-state index in [9.17, 15) is 0 Å². The normalized spacial score (nSPS) is 21.2. The van der Waals surface area contributed by atoms with Crippen molar-refractivity contribution in [1.29, 1.82) is 0 Å². The Bertz CT molecular complexity index is 449. The van der Waals surface area contributed by atoms with Crippen LogP contribution in [0.1, 0.15) is 19.4 Å². The van der Waals surface area contributed by atoms with Crippen molar-refractivity contribution in [1.82, 2.24) is 4.90 Å². The third-order valence-corrected chi connectivity index (χ3v) is 6.06. The molecule has 1 aromatic carbocycles. The van der Waals surface area contributed by atoms with Crippen LogP contribution in [0.2, 0.25) is 0 Å². The zero-order chi connectivity index (χ0) is 12.5. The Labute approximate surface area is 110 Å². The monoisotopic (exact) mass is 294 g/mol. The van der Waals surface area contributed by atoms with E-state index in [2.05, 4.69) is 56.6 Å². The zero-order valence-corrected chi connectivity index (χ0v) is 12.3. The second-order valence-corrected chi connectivity index (χ2v) is 6.96. The second-order valence-electron chi connectivity index (χ2n) is 4.73. The molecule has 1 fully saturated rings. The van der Waals surface area contributed by atoms with Gasteiger partial charge in [-0.15, -0.1) is 0 Å². The van der Waals surface area contributed by atoms with Crippen molar-refractivity contribution in [3.8, 4) is 0 Å². The number of rotatable bonds is 2. The first-order chi connectivity index (χ1) is 8.01. The molecule has 1 saturated heterocycles. The molecule has 0 N–H and O–H groups in total. The number of likely N-dealkylation sites (N-methyl/N-ethyl adjacent to an activating group) is 1. The van der Waals surface area contributed by atoms with E-state index >= 15 is 0 Å². The van der Waals surface area contributed by atoms with Crippen LogP contribution in [-0.4, -0.2) is 37.2 Å². The SMILES string of the molecule is C=C1[Se]C(=NCc2ccccc2)N(C)C1(C)C. The van der Waals surface area contributed by atoms with Crippen molar-refractivity contribution >= 4 is 19.7 Å². The van der Waals surface area contributed by atoms with Crippen molar-refractivity contribution in [2.75, 3.05) is 7.05 Å². The first-order valence-electron chi connectivity index (χ1n) is 5.71. The third kappa shape index (κ3) is 2.46. The number of hydrogen-bond donors (Lipinski definition) is 0. The minimum atomic E-state index is 0.0650. The summed E-state index contributed by atoms with van der Waals surface area (Å²) in [5, 5.41) is 0. The van der Waals surface area contributed by atoms with Crippen molar-refractivity contribution in [3.05, 3.63) is 46.9 Å². The summed E-state index contributed by atoms with van der Waals surface area (Å²) in [6.45, 7) is 9.36. The topological polar surface area (TPSA) is 15.6 Å². The summed E-state index contributed by atoms with van der Waals surface area (Å²) in [4.78, 5) is 6.99. The molecule has 1 heterocycles. The van der Waals surface area contributed by atoms with Gasteiger partial charge in [-0.1, -0.05) is 0 Å². The molecule has 90 valence electrons. The number of hydrogen-bond acceptors (Lipinski definition) is 1. The van der Waals surface area contributed by atoms with Crippen molar-refractivity contribution in [2.45, 2.75) is 25.9 Å². The Balaban J connectivity index is 2.12. The fourth-order valence-corrected chi connectivity index (χ4v) is 3.92. The van der Waals surface area contributed by atoms with E-state index < -0.39 is 0 Å². The van der Waals surface area contributed by atoms with Crippen LogP contribution < -0.4 is 0 Å². The zero-order valence-electron chi connectivity index (χ0n) is 10.6. The standard InChI is InChI=1S/C14H18N2Se/c1-11-14(2,3)16(4)13(17-11)15-10-12-8-6-5-7-9-12/h5-9H,1,10H2,2-4H3. The first-order valence-corrected chi connectivity index (χ1v) is 7.42. The maximum absolute atomic E-state index is 4.73. The number of benzene rings is 1. The molecule has 0 atom stereocenters. The van der Waals surface area contributed by atoms with E-state index in [1.165, 1.54) is 14.8 Å². The molecule has 3 heteroatoms. The Hall–Kier alpha value is -1.05. The fourth-order valence-electron chi connectivity index (χ4n) is 1.61. The molecule has 2 nitrogen and oxygen atoms in total. The van der Waals surface area contributed by atoms with Crippen LogP contribution in [-0.2, 0) is 6.54 Å². The van der Waals surface area contributed by atoms with Crippen LogP contribution >= 0.6 is 0 Å². The van der Waals surface area contributed by atoms with E-state index in [0.29, 0.717) is 15.0 Å². The quantitative estimate of drug-likeness (QED) is 0.765. The summed E-state index contributed by atoms with van der Waals surface area (Å²) in [6, 6.07) is 10.4. The molecule has 1 aliphatic rings. The molecule has 0 unspecified atom stereocenters. The van der Waals surface area contributed by atoms with Crippen LogP contribution in [0.4, 0.5) is 0 Å². The summed E-state index contributed by atoms with van der Waals surface area (Å²) < 4.78 is 2.51. The summed E-state index contributed by atoms with van der Waals surface area (Å²) in [5.41, 5.74) is 1.33. The molecule has 0 saturated carbocycles. The van der Waals surface area contributed by atoms with Gasteiger partial charge in [-0.25, -0.2) is 0 Å². The van der Waals surface area contributed by atoms with Gasteiger partial charge in [0.25, 0.3) is 0 Å². The Kier molecular flexibility index (Phi) is 3.41. The molecule has 0 aliphatic carbocycles. The second kappa shape index (κ2) is 4.67. The minimum absolute atomic E-state index is 0.0650. The van der Waals surface area contributed by atoms with Gasteiger partial charge >= 0.3 is 110 Å². The van der Waals surface area contributed by atoms with Crippen LogP contribution in [0.15, 0.2) is 46.4 Å². The summed E-state index contributed by atoms with van der Waals surface area (Å²) in [5.74, 6) is 0. The Morgan fingerprint density at radius 2 is 1.94 bits per heavy atom. The number of aliphatic imine (C=N–C) groups is 1. The van der Waals surface area contributed by atoms with E-state index in [1.54, 1.807) is 0 Å². The summed E-state index contributed by atoms with van der Waals surface area (Å²) in [7, 11) is 2.11. The Morgan fingerprint density at radius 1 is 1.29 bits per heavy atom. The molecule has 0 radical (unpaired) electrons. The van der Waals surface area contributed by atoms with E-state index in [0.717, 1.165) is 6.54 Å². The first kappa shape index (κ1) is 12.4. The molecule has 0 bridgehead atoms. The predicted octanol–water partition coefficient (Wildman–Crippen LogP) is 2.48. The van der Waals surface area contributed by atoms with Crippen LogP contribution in [0.25, 0.3) is 0 Å². The fraction of sp³-hybridized carbons (Fsp3) is 0.357. The molecule has 1 aliphatic heterocycles. The molecule has 17 heavy (non-hydrogen) atoms. The number of amidine groups is 1. The predicted molar refractivity (Wildman–Crippen MR) is 74.3 cm³/mol. The number of nitrogens with zero attached hydrogens (tertiary/aromatic N) is 2. The van der Waals surface area contributed by atoms with Gasteiger partial charge in [-0.05, 0) is 0 Å². The van der Waals surface area contributed by atoms with Gasteiger partial charge < -0.3 is 0 Å².